The molecule has 0 aliphatic heterocycles. The summed E-state index contributed by atoms with van der Waals surface area (Å²) >= 11 is 2.57. The lowest BCUT2D eigenvalue weighted by Gasteiger charge is -2.12. The Morgan fingerprint density at radius 1 is 0.946 bits per heavy atom. The fraction of sp³-hybridized carbons (Fsp3) is 0.154. The number of nitrogens with zero attached hydrogens (tertiary/aromatic N) is 5. The van der Waals surface area contributed by atoms with Gasteiger partial charge in [-0.15, -0.1) is 20.4 Å². The van der Waals surface area contributed by atoms with Gasteiger partial charge in [0.2, 0.25) is 11.0 Å². The molecule has 5 aromatic rings. The minimum absolute atomic E-state index is 0.116. The molecular weight excluding hydrogens is 506 g/mol. The van der Waals surface area contributed by atoms with Crippen LogP contribution in [0.1, 0.15) is 26.8 Å². The molecular formula is C26H23N7O2S2. The molecule has 0 saturated carbocycles. The van der Waals surface area contributed by atoms with E-state index in [0.717, 1.165) is 27.0 Å². The first-order valence-electron chi connectivity index (χ1n) is 11.5. The van der Waals surface area contributed by atoms with Gasteiger partial charge in [-0.1, -0.05) is 71.6 Å². The number of carbonyl (C=O) groups is 2. The third-order valence-corrected chi connectivity index (χ3v) is 7.19. The highest BCUT2D eigenvalue weighted by Crippen LogP contribution is 2.24. The van der Waals surface area contributed by atoms with Crippen LogP contribution >= 0.6 is 23.1 Å². The van der Waals surface area contributed by atoms with Gasteiger partial charge in [-0.2, -0.15) is 0 Å². The van der Waals surface area contributed by atoms with Gasteiger partial charge in [0, 0.05) is 11.3 Å². The van der Waals surface area contributed by atoms with Crippen LogP contribution in [0.15, 0.2) is 71.9 Å². The Balaban J connectivity index is 1.35. The largest absolute Gasteiger partial charge is 0.345 e. The van der Waals surface area contributed by atoms with Crippen molar-refractivity contribution in [1.82, 2.24) is 30.3 Å². The lowest BCUT2D eigenvalue weighted by atomic mass is 10.0. The average molecular weight is 530 g/mol. The van der Waals surface area contributed by atoms with E-state index < -0.39 is 0 Å². The molecule has 0 fully saturated rings. The molecule has 0 saturated heterocycles. The number of fused-ring (bicyclic) bond motifs is 1. The lowest BCUT2D eigenvalue weighted by Crippen LogP contribution is -2.25. The van der Waals surface area contributed by atoms with Crippen molar-refractivity contribution in [2.45, 2.75) is 25.5 Å². The second-order valence-corrected chi connectivity index (χ2v) is 10.4. The van der Waals surface area contributed by atoms with Crippen LogP contribution in [0.25, 0.3) is 16.5 Å². The normalized spacial score (nSPS) is 11.0. The summed E-state index contributed by atoms with van der Waals surface area (Å²) in [7, 11) is 0. The molecule has 0 atom stereocenters. The Labute approximate surface area is 221 Å². The summed E-state index contributed by atoms with van der Waals surface area (Å²) in [4.78, 5) is 25.6. The van der Waals surface area contributed by atoms with Crippen molar-refractivity contribution in [3.63, 3.8) is 0 Å². The van der Waals surface area contributed by atoms with Crippen LogP contribution in [-0.2, 0) is 11.3 Å². The van der Waals surface area contributed by atoms with Crippen LogP contribution < -0.4 is 10.6 Å². The van der Waals surface area contributed by atoms with Crippen LogP contribution in [0.4, 0.5) is 5.13 Å². The zero-order valence-corrected chi connectivity index (χ0v) is 21.8. The fourth-order valence-electron chi connectivity index (χ4n) is 3.85. The maximum Gasteiger partial charge on any atom is 0.252 e. The number of hydrogen-bond acceptors (Lipinski definition) is 8. The topological polar surface area (TPSA) is 115 Å². The predicted octanol–water partition coefficient (Wildman–Crippen LogP) is 4.55. The number of thioether (sulfide) groups is 1. The van der Waals surface area contributed by atoms with Gasteiger partial charge in [0.1, 0.15) is 5.01 Å². The van der Waals surface area contributed by atoms with Gasteiger partial charge in [-0.3, -0.25) is 19.5 Å². The summed E-state index contributed by atoms with van der Waals surface area (Å²) in [5, 5.41) is 25.9. The SMILES string of the molecule is Cc1cccc(-n2c(CNC(=O)c3cccc4ccccc34)nnc2SCC(=O)Nc2nnc(C)s2)c1. The van der Waals surface area contributed by atoms with Crippen molar-refractivity contribution >= 4 is 50.8 Å². The molecule has 9 nitrogen and oxygen atoms in total. The molecule has 5 rings (SSSR count). The molecule has 186 valence electrons. The lowest BCUT2D eigenvalue weighted by molar-refractivity contribution is -0.113. The zero-order chi connectivity index (χ0) is 25.8. The first kappa shape index (κ1) is 24.6. The number of amides is 2. The van der Waals surface area contributed by atoms with E-state index in [2.05, 4.69) is 31.0 Å². The van der Waals surface area contributed by atoms with Crippen LogP contribution in [0, 0.1) is 13.8 Å². The summed E-state index contributed by atoms with van der Waals surface area (Å²) in [5.41, 5.74) is 2.51. The molecule has 2 N–H and O–H groups in total. The molecule has 0 aliphatic rings. The average Bonchev–Trinajstić information content (AvgIpc) is 3.51. The van der Waals surface area contributed by atoms with E-state index in [4.69, 9.17) is 0 Å². The first-order valence-corrected chi connectivity index (χ1v) is 13.3. The van der Waals surface area contributed by atoms with Gasteiger partial charge in [0.05, 0.1) is 12.3 Å². The van der Waals surface area contributed by atoms with E-state index in [0.29, 0.717) is 21.7 Å². The third-order valence-electron chi connectivity index (χ3n) is 5.51. The zero-order valence-electron chi connectivity index (χ0n) is 20.1. The number of anilines is 1. The van der Waals surface area contributed by atoms with Crippen molar-refractivity contribution in [3.8, 4) is 5.69 Å². The maximum absolute atomic E-state index is 13.1. The fourth-order valence-corrected chi connectivity index (χ4v) is 5.22. The first-order chi connectivity index (χ1) is 18.0. The van der Waals surface area contributed by atoms with E-state index in [-0.39, 0.29) is 24.1 Å². The smallest absolute Gasteiger partial charge is 0.252 e. The van der Waals surface area contributed by atoms with Crippen LogP contribution in [-0.4, -0.2) is 42.5 Å². The summed E-state index contributed by atoms with van der Waals surface area (Å²) in [6, 6.07) is 21.3. The van der Waals surface area contributed by atoms with Crippen molar-refractivity contribution in [3.05, 3.63) is 88.7 Å². The molecule has 0 unspecified atom stereocenters. The number of benzene rings is 3. The Hall–Kier alpha value is -4.09. The van der Waals surface area contributed by atoms with E-state index in [1.807, 2.05) is 85.1 Å². The monoisotopic (exact) mass is 529 g/mol. The Morgan fingerprint density at radius 2 is 1.76 bits per heavy atom. The molecule has 0 aliphatic carbocycles. The number of nitrogens with one attached hydrogen (secondary N) is 2. The van der Waals surface area contributed by atoms with Crippen molar-refractivity contribution in [2.24, 2.45) is 0 Å². The van der Waals surface area contributed by atoms with E-state index in [9.17, 15) is 9.59 Å². The maximum atomic E-state index is 13.1. The highest BCUT2D eigenvalue weighted by atomic mass is 32.2. The number of aryl methyl sites for hydroxylation is 2. The minimum Gasteiger partial charge on any atom is -0.345 e. The van der Waals surface area contributed by atoms with Gasteiger partial charge < -0.3 is 5.32 Å². The number of aromatic nitrogens is 5. The van der Waals surface area contributed by atoms with Crippen molar-refractivity contribution in [2.75, 3.05) is 11.1 Å². The van der Waals surface area contributed by atoms with Gasteiger partial charge in [-0.05, 0) is 48.4 Å². The van der Waals surface area contributed by atoms with Crippen LogP contribution in [0.5, 0.6) is 0 Å². The second-order valence-electron chi connectivity index (χ2n) is 8.25. The van der Waals surface area contributed by atoms with E-state index >= 15 is 0 Å². The highest BCUT2D eigenvalue weighted by molar-refractivity contribution is 7.99. The summed E-state index contributed by atoms with van der Waals surface area (Å²) in [5.74, 6) is 0.259. The van der Waals surface area contributed by atoms with Crippen LogP contribution in [0.3, 0.4) is 0 Å². The summed E-state index contributed by atoms with van der Waals surface area (Å²) in [6.45, 7) is 3.99. The Morgan fingerprint density at radius 3 is 2.57 bits per heavy atom. The van der Waals surface area contributed by atoms with Crippen molar-refractivity contribution in [1.29, 1.82) is 0 Å². The summed E-state index contributed by atoms with van der Waals surface area (Å²) in [6.07, 6.45) is 0. The standard InChI is InChI=1S/C26H23N7O2S2/c1-16-7-5-10-19(13-16)33-22(14-27-24(35)21-12-6-9-18-8-3-4-11-20(18)21)30-32-26(33)36-15-23(34)28-25-31-29-17(2)37-25/h3-13H,14-15H2,1-2H3,(H,27,35)(H,28,31,34). The van der Waals surface area contributed by atoms with Gasteiger partial charge in [0.15, 0.2) is 11.0 Å². The van der Waals surface area contributed by atoms with E-state index in [1.54, 1.807) is 0 Å². The molecule has 2 heterocycles. The Bertz CT molecular complexity index is 1590. The highest BCUT2D eigenvalue weighted by Gasteiger charge is 2.18. The molecule has 2 amide bonds. The number of carbonyl (C=O) groups excluding carboxylic acids is 2. The number of hydrogen-bond donors (Lipinski definition) is 2. The van der Waals surface area contributed by atoms with Gasteiger partial charge in [0.25, 0.3) is 5.91 Å². The van der Waals surface area contributed by atoms with Crippen molar-refractivity contribution < 1.29 is 9.59 Å². The van der Waals surface area contributed by atoms with E-state index in [1.165, 1.54) is 23.1 Å². The third kappa shape index (κ3) is 5.68. The minimum atomic E-state index is -0.217. The molecule has 0 radical (unpaired) electrons. The Kier molecular flexibility index (Phi) is 7.24. The molecule has 11 heteroatoms. The van der Waals surface area contributed by atoms with Gasteiger partial charge >= 0.3 is 0 Å². The predicted molar refractivity (Wildman–Crippen MR) is 145 cm³/mol. The van der Waals surface area contributed by atoms with Crippen LogP contribution in [0.2, 0.25) is 0 Å². The molecule has 2 aromatic heterocycles. The molecule has 37 heavy (non-hydrogen) atoms. The quantitative estimate of drug-likeness (QED) is 0.283. The molecule has 3 aromatic carbocycles. The summed E-state index contributed by atoms with van der Waals surface area (Å²) < 4.78 is 1.86. The molecule has 0 spiro atoms. The van der Waals surface area contributed by atoms with Gasteiger partial charge in [-0.25, -0.2) is 0 Å². The molecule has 0 bridgehead atoms. The second kappa shape index (κ2) is 10.9. The number of rotatable bonds is 8.